The first-order valence-corrected chi connectivity index (χ1v) is 8.86. The van der Waals surface area contributed by atoms with Crippen molar-refractivity contribution in [2.45, 2.75) is 31.3 Å². The van der Waals surface area contributed by atoms with Crippen LogP contribution in [0, 0.1) is 6.92 Å². The minimum Gasteiger partial charge on any atom is -0.508 e. The van der Waals surface area contributed by atoms with E-state index in [1.54, 1.807) is 12.1 Å². The summed E-state index contributed by atoms with van der Waals surface area (Å²) in [6.07, 6.45) is 1.66. The van der Waals surface area contributed by atoms with E-state index in [1.807, 2.05) is 29.2 Å². The van der Waals surface area contributed by atoms with Crippen molar-refractivity contribution in [2.75, 3.05) is 19.7 Å². The van der Waals surface area contributed by atoms with Gasteiger partial charge in [0.1, 0.15) is 11.9 Å². The van der Waals surface area contributed by atoms with E-state index in [1.165, 1.54) is 11.1 Å². The number of rotatable bonds is 3. The molecule has 2 fully saturated rings. The number of aryl methyl sites for hydroxylation is 1. The molecule has 1 aliphatic heterocycles. The summed E-state index contributed by atoms with van der Waals surface area (Å²) in [6, 6.07) is 15.3. The number of phenolic OH excluding ortho intramolecular Hbond substituents is 1. The van der Waals surface area contributed by atoms with E-state index in [4.69, 9.17) is 4.74 Å². The molecule has 2 aliphatic rings. The summed E-state index contributed by atoms with van der Waals surface area (Å²) in [6.45, 7) is 3.77. The number of hydrogen-bond donors (Lipinski definition) is 1. The number of carbonyl (C=O) groups is 1. The lowest BCUT2D eigenvalue weighted by molar-refractivity contribution is -0.141. The lowest BCUT2D eigenvalue weighted by Gasteiger charge is -2.36. The summed E-state index contributed by atoms with van der Waals surface area (Å²) in [4.78, 5) is 15.2. The third-order valence-corrected chi connectivity index (χ3v) is 5.42. The van der Waals surface area contributed by atoms with Crippen molar-refractivity contribution >= 4 is 5.91 Å². The highest BCUT2D eigenvalue weighted by Crippen LogP contribution is 2.51. The number of ether oxygens (including phenoxy) is 1. The molecule has 1 saturated carbocycles. The number of carbonyl (C=O) groups excluding carboxylic acids is 1. The normalized spacial score (nSPS) is 21.8. The predicted octanol–water partition coefficient (Wildman–Crippen LogP) is 3.33. The zero-order chi connectivity index (χ0) is 17.4. The summed E-state index contributed by atoms with van der Waals surface area (Å²) in [5, 5.41) is 9.70. The molecule has 1 heterocycles. The van der Waals surface area contributed by atoms with E-state index in [-0.39, 0.29) is 23.2 Å². The maximum absolute atomic E-state index is 13.3. The van der Waals surface area contributed by atoms with Gasteiger partial charge in [0.05, 0.1) is 18.6 Å². The standard InChI is InChI=1S/C21H23NO3/c1-15-5-2-3-8-18(15)21(9-10-21)20(24)22-11-12-25-19(14-22)16-6-4-7-17(23)13-16/h2-8,13,19,23H,9-12,14H2,1H3/t19-/m0/s1. The van der Waals surface area contributed by atoms with Crippen LogP contribution in [0.15, 0.2) is 48.5 Å². The van der Waals surface area contributed by atoms with Crippen molar-refractivity contribution in [3.05, 3.63) is 65.2 Å². The first-order chi connectivity index (χ1) is 12.1. The van der Waals surface area contributed by atoms with Gasteiger partial charge in [0.2, 0.25) is 5.91 Å². The number of amides is 1. The Balaban J connectivity index is 1.56. The molecular formula is C21H23NO3. The zero-order valence-corrected chi connectivity index (χ0v) is 14.4. The molecule has 1 aliphatic carbocycles. The number of morpholine rings is 1. The van der Waals surface area contributed by atoms with Gasteiger partial charge in [0, 0.05) is 6.54 Å². The van der Waals surface area contributed by atoms with Gasteiger partial charge in [0.15, 0.2) is 0 Å². The van der Waals surface area contributed by atoms with Gasteiger partial charge in [0.25, 0.3) is 0 Å². The van der Waals surface area contributed by atoms with Crippen LogP contribution in [-0.4, -0.2) is 35.6 Å². The predicted molar refractivity (Wildman–Crippen MR) is 95.5 cm³/mol. The molecule has 4 nitrogen and oxygen atoms in total. The Morgan fingerprint density at radius 1 is 1.20 bits per heavy atom. The molecule has 0 bridgehead atoms. The van der Waals surface area contributed by atoms with E-state index in [0.29, 0.717) is 19.7 Å². The van der Waals surface area contributed by atoms with Crippen molar-refractivity contribution in [3.8, 4) is 5.75 Å². The van der Waals surface area contributed by atoms with Crippen molar-refractivity contribution in [1.29, 1.82) is 0 Å². The minimum atomic E-state index is -0.341. The number of aromatic hydroxyl groups is 1. The van der Waals surface area contributed by atoms with Crippen LogP contribution in [0.2, 0.25) is 0 Å². The van der Waals surface area contributed by atoms with E-state index >= 15 is 0 Å². The second-order valence-electron chi connectivity index (χ2n) is 7.10. The third-order valence-electron chi connectivity index (χ3n) is 5.42. The second-order valence-corrected chi connectivity index (χ2v) is 7.10. The van der Waals surface area contributed by atoms with Crippen molar-refractivity contribution in [1.82, 2.24) is 4.90 Å². The van der Waals surface area contributed by atoms with E-state index < -0.39 is 0 Å². The van der Waals surface area contributed by atoms with E-state index in [9.17, 15) is 9.90 Å². The third kappa shape index (κ3) is 2.91. The van der Waals surface area contributed by atoms with Crippen LogP contribution in [0.1, 0.15) is 35.6 Å². The lowest BCUT2D eigenvalue weighted by atomic mass is 9.90. The van der Waals surface area contributed by atoms with Gasteiger partial charge in [-0.2, -0.15) is 0 Å². The molecule has 25 heavy (non-hydrogen) atoms. The Hall–Kier alpha value is -2.33. The van der Waals surface area contributed by atoms with Gasteiger partial charge in [-0.15, -0.1) is 0 Å². The molecule has 1 saturated heterocycles. The quantitative estimate of drug-likeness (QED) is 0.934. The first kappa shape index (κ1) is 16.2. The SMILES string of the molecule is Cc1ccccc1C1(C(=O)N2CCO[C@H](c3cccc(O)c3)C2)CC1. The molecule has 130 valence electrons. The fraction of sp³-hybridized carbons (Fsp3) is 0.381. The molecule has 2 aromatic carbocycles. The van der Waals surface area contributed by atoms with Gasteiger partial charge < -0.3 is 14.7 Å². The lowest BCUT2D eigenvalue weighted by Crippen LogP contribution is -2.47. The molecule has 2 aromatic rings. The van der Waals surface area contributed by atoms with Gasteiger partial charge >= 0.3 is 0 Å². The highest BCUT2D eigenvalue weighted by molar-refractivity contribution is 5.91. The average Bonchev–Trinajstić information content (AvgIpc) is 3.43. The Kier molecular flexibility index (Phi) is 4.00. The fourth-order valence-corrected chi connectivity index (χ4v) is 3.90. The van der Waals surface area contributed by atoms with Gasteiger partial charge in [-0.25, -0.2) is 0 Å². The molecular weight excluding hydrogens is 314 g/mol. The smallest absolute Gasteiger partial charge is 0.233 e. The van der Waals surface area contributed by atoms with E-state index in [0.717, 1.165) is 18.4 Å². The van der Waals surface area contributed by atoms with Crippen molar-refractivity contribution in [2.24, 2.45) is 0 Å². The topological polar surface area (TPSA) is 49.8 Å². The summed E-state index contributed by atoms with van der Waals surface area (Å²) in [7, 11) is 0. The molecule has 0 unspecified atom stereocenters. The highest BCUT2D eigenvalue weighted by atomic mass is 16.5. The molecule has 4 heteroatoms. The maximum atomic E-state index is 13.3. The highest BCUT2D eigenvalue weighted by Gasteiger charge is 2.54. The number of hydrogen-bond acceptors (Lipinski definition) is 3. The van der Waals surface area contributed by atoms with Crippen LogP contribution in [0.3, 0.4) is 0 Å². The second kappa shape index (κ2) is 6.19. The summed E-state index contributed by atoms with van der Waals surface area (Å²) < 4.78 is 5.86. The number of phenols is 1. The zero-order valence-electron chi connectivity index (χ0n) is 14.4. The van der Waals surface area contributed by atoms with Gasteiger partial charge in [-0.3, -0.25) is 4.79 Å². The van der Waals surface area contributed by atoms with Crippen LogP contribution in [0.5, 0.6) is 5.75 Å². The van der Waals surface area contributed by atoms with Gasteiger partial charge in [-0.1, -0.05) is 36.4 Å². The van der Waals surface area contributed by atoms with Crippen molar-refractivity contribution in [3.63, 3.8) is 0 Å². The van der Waals surface area contributed by atoms with Crippen LogP contribution >= 0.6 is 0 Å². The summed E-state index contributed by atoms with van der Waals surface area (Å²) in [5.74, 6) is 0.443. The molecule has 1 amide bonds. The Morgan fingerprint density at radius 3 is 2.72 bits per heavy atom. The largest absolute Gasteiger partial charge is 0.508 e. The number of nitrogens with zero attached hydrogens (tertiary/aromatic N) is 1. The molecule has 0 spiro atoms. The van der Waals surface area contributed by atoms with Crippen LogP contribution < -0.4 is 0 Å². The monoisotopic (exact) mass is 337 g/mol. The molecule has 1 N–H and O–H groups in total. The number of benzene rings is 2. The Morgan fingerprint density at radius 2 is 2.00 bits per heavy atom. The van der Waals surface area contributed by atoms with Gasteiger partial charge in [-0.05, 0) is 48.6 Å². The summed E-state index contributed by atoms with van der Waals surface area (Å²) in [5.41, 5.74) is 2.93. The van der Waals surface area contributed by atoms with E-state index in [2.05, 4.69) is 19.1 Å². The first-order valence-electron chi connectivity index (χ1n) is 8.86. The molecule has 0 radical (unpaired) electrons. The van der Waals surface area contributed by atoms with Crippen LogP contribution in [0.25, 0.3) is 0 Å². The fourth-order valence-electron chi connectivity index (χ4n) is 3.90. The molecule has 4 rings (SSSR count). The van der Waals surface area contributed by atoms with Crippen LogP contribution in [-0.2, 0) is 14.9 Å². The molecule has 0 aromatic heterocycles. The minimum absolute atomic E-state index is 0.183. The Bertz CT molecular complexity index is 797. The molecule has 1 atom stereocenters. The van der Waals surface area contributed by atoms with Crippen LogP contribution in [0.4, 0.5) is 0 Å². The average molecular weight is 337 g/mol. The van der Waals surface area contributed by atoms with Crippen molar-refractivity contribution < 1.29 is 14.6 Å². The summed E-state index contributed by atoms with van der Waals surface area (Å²) >= 11 is 0. The Labute approximate surface area is 148 Å². The maximum Gasteiger partial charge on any atom is 0.233 e.